The van der Waals surface area contributed by atoms with Crippen LogP contribution in [0.4, 0.5) is 0 Å². The molecule has 12 heavy (non-hydrogen) atoms. The first-order valence-corrected chi connectivity index (χ1v) is 4.43. The van der Waals surface area contributed by atoms with Crippen LogP contribution in [-0.4, -0.2) is 0 Å². The molecule has 0 saturated carbocycles. The average molecular weight is 154 g/mol. The van der Waals surface area contributed by atoms with Crippen LogP contribution in [0.15, 0.2) is 58.7 Å². The van der Waals surface area contributed by atoms with Gasteiger partial charge in [-0.15, -0.1) is 0 Å². The summed E-state index contributed by atoms with van der Waals surface area (Å²) in [5.74, 6) is 0. The second kappa shape index (κ2) is 2.10. The molecule has 0 heteroatoms. The zero-order chi connectivity index (χ0) is 7.97. The highest BCUT2D eigenvalue weighted by Gasteiger charge is 2.28. The Morgan fingerprint density at radius 1 is 0.750 bits per heavy atom. The number of rotatable bonds is 0. The van der Waals surface area contributed by atoms with Crippen molar-refractivity contribution in [2.75, 3.05) is 0 Å². The highest BCUT2D eigenvalue weighted by Crippen LogP contribution is 2.46. The molecule has 3 aliphatic rings. The number of hydrogen-bond donors (Lipinski definition) is 0. The summed E-state index contributed by atoms with van der Waals surface area (Å²) in [6.07, 6.45) is 15.5. The van der Waals surface area contributed by atoms with E-state index in [1.54, 1.807) is 11.1 Å². The van der Waals surface area contributed by atoms with Crippen LogP contribution in [0.1, 0.15) is 12.8 Å². The first-order valence-electron chi connectivity index (χ1n) is 4.43. The minimum Gasteiger partial charge on any atom is -0.0801 e. The predicted molar refractivity (Wildman–Crippen MR) is 50.7 cm³/mol. The third-order valence-electron chi connectivity index (χ3n) is 2.75. The molecule has 0 aliphatic heterocycles. The molecule has 0 aromatic rings. The first kappa shape index (κ1) is 6.24. The Balaban J connectivity index is 2.19. The molecule has 58 valence electrons. The monoisotopic (exact) mass is 154 g/mol. The lowest BCUT2D eigenvalue weighted by atomic mass is 9.71. The van der Waals surface area contributed by atoms with Crippen molar-refractivity contribution in [1.29, 1.82) is 0 Å². The van der Waals surface area contributed by atoms with E-state index in [1.807, 2.05) is 0 Å². The Hall–Kier alpha value is -1.30. The van der Waals surface area contributed by atoms with Crippen LogP contribution >= 0.6 is 0 Å². The molecule has 3 aliphatic carbocycles. The molecule has 0 aromatic heterocycles. The van der Waals surface area contributed by atoms with Crippen molar-refractivity contribution < 1.29 is 0 Å². The van der Waals surface area contributed by atoms with Gasteiger partial charge in [0.2, 0.25) is 0 Å². The summed E-state index contributed by atoms with van der Waals surface area (Å²) >= 11 is 0. The molecular weight excluding hydrogens is 144 g/mol. The van der Waals surface area contributed by atoms with Crippen LogP contribution in [0, 0.1) is 0 Å². The van der Waals surface area contributed by atoms with Gasteiger partial charge in [-0.25, -0.2) is 0 Å². The molecule has 0 amide bonds. The lowest BCUT2D eigenvalue weighted by Crippen LogP contribution is -2.14. The fourth-order valence-corrected chi connectivity index (χ4v) is 2.14. The van der Waals surface area contributed by atoms with Crippen LogP contribution in [-0.2, 0) is 0 Å². The van der Waals surface area contributed by atoms with E-state index in [9.17, 15) is 0 Å². The van der Waals surface area contributed by atoms with Crippen molar-refractivity contribution in [1.82, 2.24) is 0 Å². The van der Waals surface area contributed by atoms with Gasteiger partial charge in [-0.3, -0.25) is 0 Å². The van der Waals surface area contributed by atoms with Crippen LogP contribution in [0.25, 0.3) is 0 Å². The fraction of sp³-hybridized carbons (Fsp3) is 0.167. The quantitative estimate of drug-likeness (QED) is 0.503. The SMILES string of the molecule is C1=CCC2=C3CC=CC=C3C2=C1. The molecule has 0 saturated heterocycles. The summed E-state index contributed by atoms with van der Waals surface area (Å²) in [7, 11) is 0. The number of allylic oxidation sites excluding steroid dienone is 10. The maximum atomic E-state index is 2.24. The molecular formula is C12H10. The van der Waals surface area contributed by atoms with Crippen molar-refractivity contribution >= 4 is 0 Å². The summed E-state index contributed by atoms with van der Waals surface area (Å²) in [6.45, 7) is 0. The van der Waals surface area contributed by atoms with Gasteiger partial charge in [0.05, 0.1) is 0 Å². The zero-order valence-corrected chi connectivity index (χ0v) is 6.88. The molecule has 0 fully saturated rings. The van der Waals surface area contributed by atoms with E-state index < -0.39 is 0 Å². The Kier molecular flexibility index (Phi) is 1.09. The molecule has 0 heterocycles. The van der Waals surface area contributed by atoms with Crippen molar-refractivity contribution in [3.8, 4) is 0 Å². The molecule has 0 nitrogen and oxygen atoms in total. The molecule has 3 rings (SSSR count). The molecule has 0 spiro atoms. The molecule has 0 atom stereocenters. The van der Waals surface area contributed by atoms with E-state index in [-0.39, 0.29) is 0 Å². The largest absolute Gasteiger partial charge is 0.0801 e. The maximum Gasteiger partial charge on any atom is -0.00851 e. The van der Waals surface area contributed by atoms with Gasteiger partial charge in [0, 0.05) is 0 Å². The smallest absolute Gasteiger partial charge is 0.00851 e. The maximum absolute atomic E-state index is 2.24. The minimum absolute atomic E-state index is 1.15. The van der Waals surface area contributed by atoms with Gasteiger partial charge < -0.3 is 0 Å². The second-order valence-electron chi connectivity index (χ2n) is 3.38. The highest BCUT2D eigenvalue weighted by atomic mass is 14.3. The fourth-order valence-electron chi connectivity index (χ4n) is 2.14. The predicted octanol–water partition coefficient (Wildman–Crippen LogP) is 3.07. The molecule has 0 N–H and O–H groups in total. The van der Waals surface area contributed by atoms with Crippen molar-refractivity contribution in [3.63, 3.8) is 0 Å². The van der Waals surface area contributed by atoms with Gasteiger partial charge in [0.25, 0.3) is 0 Å². The lowest BCUT2D eigenvalue weighted by molar-refractivity contribution is 1.01. The van der Waals surface area contributed by atoms with Crippen LogP contribution < -0.4 is 0 Å². The number of hydrogen-bond acceptors (Lipinski definition) is 0. The van der Waals surface area contributed by atoms with Crippen molar-refractivity contribution in [2.24, 2.45) is 0 Å². The number of fused-ring (bicyclic) bond motifs is 3. The molecule has 0 unspecified atom stereocenters. The van der Waals surface area contributed by atoms with E-state index in [0.717, 1.165) is 12.8 Å². The van der Waals surface area contributed by atoms with Gasteiger partial charge in [-0.05, 0) is 35.1 Å². The molecule has 0 bridgehead atoms. The normalized spacial score (nSPS) is 24.0. The van der Waals surface area contributed by atoms with Gasteiger partial charge >= 0.3 is 0 Å². The van der Waals surface area contributed by atoms with Crippen molar-refractivity contribution in [3.05, 3.63) is 58.7 Å². The Morgan fingerprint density at radius 2 is 1.25 bits per heavy atom. The van der Waals surface area contributed by atoms with E-state index in [1.165, 1.54) is 11.1 Å². The lowest BCUT2D eigenvalue weighted by Gasteiger charge is -2.33. The molecule has 0 aromatic carbocycles. The van der Waals surface area contributed by atoms with E-state index in [4.69, 9.17) is 0 Å². The van der Waals surface area contributed by atoms with Crippen molar-refractivity contribution in [2.45, 2.75) is 12.8 Å². The average Bonchev–Trinajstić information content (AvgIpc) is 2.14. The van der Waals surface area contributed by atoms with E-state index in [2.05, 4.69) is 36.5 Å². The third-order valence-corrected chi connectivity index (χ3v) is 2.75. The standard InChI is InChI=1S/C12H10/c1-2-6-10-9(5-1)11-7-3-4-8-12(10)11/h1-5,7H,6,8H2. The summed E-state index contributed by atoms with van der Waals surface area (Å²) < 4.78 is 0. The minimum atomic E-state index is 1.15. The van der Waals surface area contributed by atoms with Gasteiger partial charge in [-0.1, -0.05) is 36.5 Å². The Labute approximate surface area is 72.3 Å². The Morgan fingerprint density at radius 3 is 1.75 bits per heavy atom. The summed E-state index contributed by atoms with van der Waals surface area (Å²) in [4.78, 5) is 0. The van der Waals surface area contributed by atoms with E-state index >= 15 is 0 Å². The second-order valence-corrected chi connectivity index (χ2v) is 3.38. The summed E-state index contributed by atoms with van der Waals surface area (Å²) in [5.41, 5.74) is 6.12. The zero-order valence-electron chi connectivity index (χ0n) is 6.88. The van der Waals surface area contributed by atoms with Gasteiger partial charge in [0.15, 0.2) is 0 Å². The molecule has 0 radical (unpaired) electrons. The first-order chi connectivity index (χ1) is 5.97. The van der Waals surface area contributed by atoms with E-state index in [0.29, 0.717) is 0 Å². The van der Waals surface area contributed by atoms with Crippen LogP contribution in [0.3, 0.4) is 0 Å². The third kappa shape index (κ3) is 0.626. The Bertz CT molecular complexity index is 327. The summed E-state index contributed by atoms with van der Waals surface area (Å²) in [6, 6.07) is 0. The van der Waals surface area contributed by atoms with Crippen LogP contribution in [0.2, 0.25) is 0 Å². The van der Waals surface area contributed by atoms with Gasteiger partial charge in [-0.2, -0.15) is 0 Å². The highest BCUT2D eigenvalue weighted by molar-refractivity contribution is 5.73. The van der Waals surface area contributed by atoms with Crippen LogP contribution in [0.5, 0.6) is 0 Å². The topological polar surface area (TPSA) is 0 Å². The van der Waals surface area contributed by atoms with Gasteiger partial charge in [0.1, 0.15) is 0 Å². The summed E-state index contributed by atoms with van der Waals surface area (Å²) in [5, 5.41) is 0.